The van der Waals surface area contributed by atoms with Gasteiger partial charge >= 0.3 is 5.97 Å². The van der Waals surface area contributed by atoms with Gasteiger partial charge in [0.1, 0.15) is 6.61 Å². The molecule has 96 valence electrons. The summed E-state index contributed by atoms with van der Waals surface area (Å²) in [4.78, 5) is 11.4. The second-order valence-electron chi connectivity index (χ2n) is 4.11. The number of pyridine rings is 1. The Morgan fingerprint density at radius 2 is 2.17 bits per heavy atom. The molecule has 18 heavy (non-hydrogen) atoms. The average molecular weight is 249 g/mol. The van der Waals surface area contributed by atoms with Gasteiger partial charge in [-0.1, -0.05) is 0 Å². The first kappa shape index (κ1) is 12.5. The molecule has 0 amide bonds. The molecule has 0 bridgehead atoms. The summed E-state index contributed by atoms with van der Waals surface area (Å²) in [7, 11) is 1.35. The number of esters is 1. The lowest BCUT2D eigenvalue weighted by Crippen LogP contribution is -2.07. The van der Waals surface area contributed by atoms with Crippen molar-refractivity contribution in [2.24, 2.45) is 0 Å². The largest absolute Gasteiger partial charge is 0.465 e. The number of carbonyl (C=O) groups excluding carboxylic acids is 1. The van der Waals surface area contributed by atoms with Crippen LogP contribution in [0.1, 0.15) is 30.0 Å². The number of carbonyl (C=O) groups is 1. The fourth-order valence-corrected chi connectivity index (χ4v) is 1.52. The number of fused-ring (bicyclic) bond motifs is 1. The van der Waals surface area contributed by atoms with Crippen LogP contribution in [0.25, 0.3) is 5.65 Å². The third-order valence-electron chi connectivity index (χ3n) is 2.44. The van der Waals surface area contributed by atoms with Gasteiger partial charge in [0, 0.05) is 6.20 Å². The smallest absolute Gasteiger partial charge is 0.339 e. The van der Waals surface area contributed by atoms with E-state index < -0.39 is 0 Å². The van der Waals surface area contributed by atoms with Crippen molar-refractivity contribution < 1.29 is 14.3 Å². The molecule has 2 heterocycles. The van der Waals surface area contributed by atoms with Crippen LogP contribution in [0.2, 0.25) is 0 Å². The molecule has 0 saturated carbocycles. The summed E-state index contributed by atoms with van der Waals surface area (Å²) in [6.45, 7) is 4.25. The van der Waals surface area contributed by atoms with Crippen molar-refractivity contribution in [1.82, 2.24) is 14.6 Å². The summed E-state index contributed by atoms with van der Waals surface area (Å²) < 4.78 is 11.9. The average Bonchev–Trinajstić information content (AvgIpc) is 2.77. The van der Waals surface area contributed by atoms with E-state index in [4.69, 9.17) is 4.74 Å². The summed E-state index contributed by atoms with van der Waals surface area (Å²) in [5.74, 6) is 0.269. The van der Waals surface area contributed by atoms with E-state index in [0.717, 1.165) is 0 Å². The van der Waals surface area contributed by atoms with Crippen molar-refractivity contribution in [3.05, 3.63) is 29.7 Å². The minimum Gasteiger partial charge on any atom is -0.465 e. The van der Waals surface area contributed by atoms with E-state index in [1.165, 1.54) is 7.11 Å². The van der Waals surface area contributed by atoms with Gasteiger partial charge in [0.05, 0.1) is 18.8 Å². The Morgan fingerprint density at radius 1 is 1.39 bits per heavy atom. The molecule has 0 aliphatic rings. The zero-order valence-corrected chi connectivity index (χ0v) is 10.6. The van der Waals surface area contributed by atoms with Crippen LogP contribution in [0.15, 0.2) is 18.3 Å². The lowest BCUT2D eigenvalue weighted by atomic mass is 10.3. The molecule has 2 aromatic heterocycles. The molecule has 2 aromatic rings. The predicted octanol–water partition coefficient (Wildman–Crippen LogP) is 1.44. The topological polar surface area (TPSA) is 65.7 Å². The molecule has 0 unspecified atom stereocenters. The van der Waals surface area contributed by atoms with Gasteiger partial charge in [0.25, 0.3) is 0 Å². The van der Waals surface area contributed by atoms with Crippen LogP contribution in [0.4, 0.5) is 0 Å². The minimum absolute atomic E-state index is 0.112. The zero-order valence-electron chi connectivity index (χ0n) is 10.6. The van der Waals surface area contributed by atoms with Gasteiger partial charge in [0.15, 0.2) is 11.5 Å². The van der Waals surface area contributed by atoms with Crippen LogP contribution in [0.5, 0.6) is 0 Å². The second kappa shape index (κ2) is 5.14. The van der Waals surface area contributed by atoms with Gasteiger partial charge < -0.3 is 9.47 Å². The Bertz CT molecular complexity index is 563. The molecule has 0 saturated heterocycles. The number of aromatic nitrogens is 3. The van der Waals surface area contributed by atoms with Gasteiger partial charge in [-0.25, -0.2) is 4.79 Å². The zero-order chi connectivity index (χ0) is 13.1. The van der Waals surface area contributed by atoms with E-state index in [-0.39, 0.29) is 12.1 Å². The molecule has 2 rings (SSSR count). The molecule has 6 nitrogen and oxygen atoms in total. The minimum atomic E-state index is -0.388. The lowest BCUT2D eigenvalue weighted by Gasteiger charge is -2.06. The van der Waals surface area contributed by atoms with Crippen LogP contribution >= 0.6 is 0 Å². The van der Waals surface area contributed by atoms with Crippen LogP contribution in [-0.4, -0.2) is 33.8 Å². The van der Waals surface area contributed by atoms with Crippen molar-refractivity contribution in [3.8, 4) is 0 Å². The highest BCUT2D eigenvalue weighted by Crippen LogP contribution is 2.09. The molecule has 0 atom stereocenters. The number of hydrogen-bond donors (Lipinski definition) is 0. The van der Waals surface area contributed by atoms with Crippen molar-refractivity contribution >= 4 is 11.6 Å². The van der Waals surface area contributed by atoms with Crippen molar-refractivity contribution in [1.29, 1.82) is 0 Å². The second-order valence-corrected chi connectivity index (χ2v) is 4.11. The molecular formula is C12H15N3O3. The first-order valence-electron chi connectivity index (χ1n) is 5.65. The summed E-state index contributed by atoms with van der Waals surface area (Å²) in [5, 5.41) is 8.03. The molecule has 0 spiro atoms. The predicted molar refractivity (Wildman–Crippen MR) is 64.3 cm³/mol. The van der Waals surface area contributed by atoms with Gasteiger partial charge in [-0.05, 0) is 26.0 Å². The summed E-state index contributed by atoms with van der Waals surface area (Å²) in [5.41, 5.74) is 1.13. The fourth-order valence-electron chi connectivity index (χ4n) is 1.52. The Balaban J connectivity index is 2.34. The van der Waals surface area contributed by atoms with E-state index in [1.807, 2.05) is 13.8 Å². The maximum Gasteiger partial charge on any atom is 0.339 e. The SMILES string of the molecule is COC(=O)c1ccc2nnc(COC(C)C)n2c1. The fraction of sp³-hybridized carbons (Fsp3) is 0.417. The van der Waals surface area contributed by atoms with Crippen LogP contribution in [0, 0.1) is 0 Å². The van der Waals surface area contributed by atoms with E-state index in [0.29, 0.717) is 23.6 Å². The van der Waals surface area contributed by atoms with Crippen molar-refractivity contribution in [2.75, 3.05) is 7.11 Å². The molecule has 0 fully saturated rings. The maximum atomic E-state index is 11.4. The molecule has 6 heteroatoms. The molecule has 0 radical (unpaired) electrons. The number of methoxy groups -OCH3 is 1. The third-order valence-corrected chi connectivity index (χ3v) is 2.44. The number of hydrogen-bond acceptors (Lipinski definition) is 5. The van der Waals surface area contributed by atoms with Crippen molar-refractivity contribution in [3.63, 3.8) is 0 Å². The Hall–Kier alpha value is -1.95. The summed E-state index contributed by atoms with van der Waals surface area (Å²) in [6, 6.07) is 3.38. The number of ether oxygens (including phenoxy) is 2. The Labute approximate surface area is 105 Å². The van der Waals surface area contributed by atoms with Crippen molar-refractivity contribution in [2.45, 2.75) is 26.6 Å². The lowest BCUT2D eigenvalue weighted by molar-refractivity contribution is 0.0591. The first-order valence-corrected chi connectivity index (χ1v) is 5.65. The van der Waals surface area contributed by atoms with Gasteiger partial charge in [0.2, 0.25) is 0 Å². The van der Waals surface area contributed by atoms with Gasteiger partial charge in [-0.3, -0.25) is 4.40 Å². The highest BCUT2D eigenvalue weighted by atomic mass is 16.5. The highest BCUT2D eigenvalue weighted by molar-refractivity contribution is 5.89. The third kappa shape index (κ3) is 2.48. The van der Waals surface area contributed by atoms with E-state index in [9.17, 15) is 4.79 Å². The van der Waals surface area contributed by atoms with E-state index >= 15 is 0 Å². The first-order chi connectivity index (χ1) is 8.61. The summed E-state index contributed by atoms with van der Waals surface area (Å²) in [6.07, 6.45) is 1.77. The van der Waals surface area contributed by atoms with Gasteiger partial charge in [-0.2, -0.15) is 0 Å². The standard InChI is InChI=1S/C12H15N3O3/c1-8(2)18-7-11-14-13-10-5-4-9(6-15(10)11)12(16)17-3/h4-6,8H,7H2,1-3H3. The van der Waals surface area contributed by atoms with Crippen LogP contribution in [-0.2, 0) is 16.1 Å². The van der Waals surface area contributed by atoms with Crippen LogP contribution < -0.4 is 0 Å². The normalized spacial score (nSPS) is 11.1. The Kier molecular flexibility index (Phi) is 3.57. The summed E-state index contributed by atoms with van der Waals surface area (Å²) >= 11 is 0. The molecule has 0 aliphatic heterocycles. The Morgan fingerprint density at radius 3 is 2.83 bits per heavy atom. The molecular weight excluding hydrogens is 234 g/mol. The van der Waals surface area contributed by atoms with E-state index in [1.54, 1.807) is 22.7 Å². The highest BCUT2D eigenvalue weighted by Gasteiger charge is 2.10. The monoisotopic (exact) mass is 249 g/mol. The van der Waals surface area contributed by atoms with E-state index in [2.05, 4.69) is 14.9 Å². The quantitative estimate of drug-likeness (QED) is 0.767. The number of rotatable bonds is 4. The molecule has 0 aliphatic carbocycles. The maximum absolute atomic E-state index is 11.4. The van der Waals surface area contributed by atoms with Crippen LogP contribution in [0.3, 0.4) is 0 Å². The van der Waals surface area contributed by atoms with Gasteiger partial charge in [-0.15, -0.1) is 10.2 Å². The molecule has 0 aromatic carbocycles. The number of nitrogens with zero attached hydrogens (tertiary/aromatic N) is 3. The molecule has 0 N–H and O–H groups in total.